The Hall–Kier alpha value is -0.530. The Morgan fingerprint density at radius 1 is 0.944 bits per heavy atom. The van der Waals surface area contributed by atoms with Gasteiger partial charge in [0.15, 0.2) is 0 Å². The van der Waals surface area contributed by atoms with Crippen molar-refractivity contribution in [3.63, 3.8) is 0 Å². The van der Waals surface area contributed by atoms with E-state index in [0.29, 0.717) is 11.9 Å². The molecule has 0 saturated carbocycles. The maximum atomic E-state index is 12.3. The van der Waals surface area contributed by atoms with Crippen LogP contribution < -0.4 is 0 Å². The molecule has 108 valence electrons. The highest BCUT2D eigenvalue weighted by molar-refractivity contribution is 5.76. The van der Waals surface area contributed by atoms with E-state index in [4.69, 9.17) is 0 Å². The summed E-state index contributed by atoms with van der Waals surface area (Å²) in [7, 11) is 0. The van der Waals surface area contributed by atoms with Crippen LogP contribution >= 0.6 is 0 Å². The van der Waals surface area contributed by atoms with Gasteiger partial charge in [-0.2, -0.15) is 0 Å². The lowest BCUT2D eigenvalue weighted by molar-refractivity contribution is -0.134. The molecular formula is C16H33NO. The molecule has 0 aliphatic rings. The summed E-state index contributed by atoms with van der Waals surface area (Å²) >= 11 is 0. The van der Waals surface area contributed by atoms with Crippen molar-refractivity contribution >= 4 is 5.91 Å². The normalized spacial score (nSPS) is 12.4. The van der Waals surface area contributed by atoms with Crippen molar-refractivity contribution in [2.75, 3.05) is 6.54 Å². The quantitative estimate of drug-likeness (QED) is 0.487. The van der Waals surface area contributed by atoms with Gasteiger partial charge in [-0.3, -0.25) is 4.79 Å². The Morgan fingerprint density at radius 2 is 1.61 bits per heavy atom. The number of amides is 1. The van der Waals surface area contributed by atoms with Gasteiger partial charge >= 0.3 is 0 Å². The van der Waals surface area contributed by atoms with Crippen molar-refractivity contribution in [1.82, 2.24) is 4.90 Å². The zero-order valence-electron chi connectivity index (χ0n) is 13.0. The van der Waals surface area contributed by atoms with Crippen molar-refractivity contribution in [3.05, 3.63) is 0 Å². The third kappa shape index (κ3) is 7.03. The van der Waals surface area contributed by atoms with Crippen LogP contribution in [0.4, 0.5) is 0 Å². The largest absolute Gasteiger partial charge is 0.340 e. The Labute approximate surface area is 114 Å². The van der Waals surface area contributed by atoms with Gasteiger partial charge in [-0.05, 0) is 25.7 Å². The summed E-state index contributed by atoms with van der Waals surface area (Å²) < 4.78 is 0. The fourth-order valence-corrected chi connectivity index (χ4v) is 2.43. The van der Waals surface area contributed by atoms with E-state index in [1.54, 1.807) is 0 Å². The first-order valence-corrected chi connectivity index (χ1v) is 8.00. The molecule has 0 heterocycles. The summed E-state index contributed by atoms with van der Waals surface area (Å²) in [6.45, 7) is 9.70. The van der Waals surface area contributed by atoms with Crippen molar-refractivity contribution in [2.24, 2.45) is 0 Å². The molecule has 1 atom stereocenters. The second-order valence-electron chi connectivity index (χ2n) is 5.25. The minimum atomic E-state index is 0.377. The van der Waals surface area contributed by atoms with Gasteiger partial charge in [0.25, 0.3) is 0 Å². The molecule has 1 amide bonds. The van der Waals surface area contributed by atoms with E-state index in [1.165, 1.54) is 25.7 Å². The zero-order valence-corrected chi connectivity index (χ0v) is 13.0. The number of hydrogen-bond acceptors (Lipinski definition) is 1. The van der Waals surface area contributed by atoms with E-state index in [2.05, 4.69) is 32.6 Å². The van der Waals surface area contributed by atoms with Gasteiger partial charge in [-0.1, -0.05) is 53.4 Å². The predicted molar refractivity (Wildman–Crippen MR) is 79.8 cm³/mol. The number of unbranched alkanes of at least 4 members (excludes halogenated alkanes) is 3. The van der Waals surface area contributed by atoms with Crippen molar-refractivity contribution < 1.29 is 4.79 Å². The van der Waals surface area contributed by atoms with Crippen LogP contribution in [0.1, 0.15) is 85.5 Å². The minimum Gasteiger partial charge on any atom is -0.340 e. The van der Waals surface area contributed by atoms with E-state index in [9.17, 15) is 4.79 Å². The second kappa shape index (κ2) is 11.6. The fourth-order valence-electron chi connectivity index (χ4n) is 2.43. The van der Waals surface area contributed by atoms with Gasteiger partial charge in [0.1, 0.15) is 0 Å². The summed E-state index contributed by atoms with van der Waals surface area (Å²) in [5, 5.41) is 0. The molecule has 0 bridgehead atoms. The third-order valence-electron chi connectivity index (χ3n) is 3.58. The molecule has 0 aliphatic heterocycles. The van der Waals surface area contributed by atoms with E-state index in [0.717, 1.165) is 38.6 Å². The summed E-state index contributed by atoms with van der Waals surface area (Å²) in [6, 6.07) is 0.473. The molecule has 2 nitrogen and oxygen atoms in total. The lowest BCUT2D eigenvalue weighted by Gasteiger charge is -2.31. The standard InChI is InChI=1S/C16H33NO/c1-5-9-11-12-15(8-4)17(14-7-3)16(18)13-10-6-2/h15H,5-14H2,1-4H3/t15-/m1/s1. The molecular weight excluding hydrogens is 222 g/mol. The molecule has 0 fully saturated rings. The molecule has 2 heteroatoms. The van der Waals surface area contributed by atoms with E-state index >= 15 is 0 Å². The first-order valence-electron chi connectivity index (χ1n) is 8.00. The topological polar surface area (TPSA) is 20.3 Å². The van der Waals surface area contributed by atoms with Crippen molar-refractivity contribution in [3.8, 4) is 0 Å². The highest BCUT2D eigenvalue weighted by Crippen LogP contribution is 2.16. The van der Waals surface area contributed by atoms with E-state index in [1.807, 2.05) is 0 Å². The second-order valence-corrected chi connectivity index (χ2v) is 5.25. The van der Waals surface area contributed by atoms with Crippen LogP contribution in [0.3, 0.4) is 0 Å². The van der Waals surface area contributed by atoms with Crippen LogP contribution in [0.5, 0.6) is 0 Å². The molecule has 0 unspecified atom stereocenters. The maximum absolute atomic E-state index is 12.3. The third-order valence-corrected chi connectivity index (χ3v) is 3.58. The van der Waals surface area contributed by atoms with Crippen LogP contribution in [0.25, 0.3) is 0 Å². The molecule has 0 rings (SSSR count). The predicted octanol–water partition coefficient (Wildman–Crippen LogP) is 4.77. The Morgan fingerprint density at radius 3 is 2.11 bits per heavy atom. The molecule has 18 heavy (non-hydrogen) atoms. The Balaban J connectivity index is 4.35. The van der Waals surface area contributed by atoms with Crippen molar-refractivity contribution in [1.29, 1.82) is 0 Å². The lowest BCUT2D eigenvalue weighted by atomic mass is 10.0. The van der Waals surface area contributed by atoms with Crippen molar-refractivity contribution in [2.45, 2.75) is 91.5 Å². The number of carbonyl (C=O) groups excluding carboxylic acids is 1. The van der Waals surface area contributed by atoms with Gasteiger partial charge in [0, 0.05) is 19.0 Å². The van der Waals surface area contributed by atoms with Crippen LogP contribution in [0, 0.1) is 0 Å². The van der Waals surface area contributed by atoms with E-state index < -0.39 is 0 Å². The van der Waals surface area contributed by atoms with Crippen LogP contribution in [0.15, 0.2) is 0 Å². The molecule has 0 spiro atoms. The molecule has 0 N–H and O–H groups in total. The number of hydrogen-bond donors (Lipinski definition) is 0. The Kier molecular flexibility index (Phi) is 11.2. The first kappa shape index (κ1) is 17.5. The van der Waals surface area contributed by atoms with Gasteiger partial charge in [-0.15, -0.1) is 0 Å². The monoisotopic (exact) mass is 255 g/mol. The molecule has 0 saturated heterocycles. The first-order chi connectivity index (χ1) is 8.71. The SMILES string of the molecule is CCCCC[C@@H](CC)N(CCC)C(=O)CCCC. The van der Waals surface area contributed by atoms with E-state index in [-0.39, 0.29) is 0 Å². The molecule has 0 aromatic rings. The number of nitrogens with zero attached hydrogens (tertiary/aromatic N) is 1. The van der Waals surface area contributed by atoms with Crippen LogP contribution in [-0.4, -0.2) is 23.4 Å². The lowest BCUT2D eigenvalue weighted by Crippen LogP contribution is -2.40. The maximum Gasteiger partial charge on any atom is 0.222 e. The minimum absolute atomic E-state index is 0.377. The Bertz CT molecular complexity index is 203. The highest BCUT2D eigenvalue weighted by Gasteiger charge is 2.20. The molecule has 0 aliphatic carbocycles. The summed E-state index contributed by atoms with van der Waals surface area (Å²) in [5.41, 5.74) is 0. The van der Waals surface area contributed by atoms with Gasteiger partial charge in [0.2, 0.25) is 5.91 Å². The fraction of sp³-hybridized carbons (Fsp3) is 0.938. The van der Waals surface area contributed by atoms with Gasteiger partial charge in [0.05, 0.1) is 0 Å². The van der Waals surface area contributed by atoms with Crippen LogP contribution in [0.2, 0.25) is 0 Å². The number of rotatable bonds is 11. The average molecular weight is 255 g/mol. The average Bonchev–Trinajstić information content (AvgIpc) is 2.39. The molecule has 0 radical (unpaired) electrons. The summed E-state index contributed by atoms with van der Waals surface area (Å²) in [5.74, 6) is 0.377. The smallest absolute Gasteiger partial charge is 0.222 e. The highest BCUT2D eigenvalue weighted by atomic mass is 16.2. The summed E-state index contributed by atoms with van der Waals surface area (Å²) in [6.07, 6.45) is 10.0. The molecule has 0 aromatic carbocycles. The summed E-state index contributed by atoms with van der Waals surface area (Å²) in [4.78, 5) is 14.4. The number of carbonyl (C=O) groups is 1. The molecule has 0 aromatic heterocycles. The van der Waals surface area contributed by atoms with Gasteiger partial charge in [-0.25, -0.2) is 0 Å². The van der Waals surface area contributed by atoms with Crippen LogP contribution in [-0.2, 0) is 4.79 Å². The zero-order chi connectivity index (χ0) is 13.8. The van der Waals surface area contributed by atoms with Gasteiger partial charge < -0.3 is 4.90 Å².